The molecule has 150 valence electrons. The average molecular weight is 425 g/mol. The molecule has 9 nitrogen and oxygen atoms in total. The van der Waals surface area contributed by atoms with Crippen LogP contribution < -0.4 is 10.5 Å². The van der Waals surface area contributed by atoms with Crippen LogP contribution in [0.4, 0.5) is 11.4 Å². The molecule has 0 aliphatic carbocycles. The number of rotatable bonds is 6. The highest BCUT2D eigenvalue weighted by atomic mass is 32.2. The monoisotopic (exact) mass is 424 g/mol. The highest BCUT2D eigenvalue weighted by molar-refractivity contribution is 7.89. The minimum absolute atomic E-state index is 0.00544. The maximum absolute atomic E-state index is 12.6. The zero-order valence-electron chi connectivity index (χ0n) is 15.1. The van der Waals surface area contributed by atoms with E-state index in [1.807, 2.05) is 23.3 Å². The van der Waals surface area contributed by atoms with E-state index < -0.39 is 20.6 Å². The summed E-state index contributed by atoms with van der Waals surface area (Å²) in [5.41, 5.74) is 0.900. The van der Waals surface area contributed by atoms with Crippen LogP contribution in [0, 0.1) is 10.1 Å². The molecule has 3 N–H and O–H groups in total. The lowest BCUT2D eigenvalue weighted by atomic mass is 10.0. The molecular formula is C17H20N4O5S2. The topological polar surface area (TPSA) is 136 Å². The average Bonchev–Trinajstić information content (AvgIpc) is 3.10. The second-order valence-corrected chi connectivity index (χ2v) is 9.03. The van der Waals surface area contributed by atoms with Crippen LogP contribution in [0.5, 0.6) is 0 Å². The van der Waals surface area contributed by atoms with Crippen molar-refractivity contribution in [2.75, 3.05) is 18.4 Å². The molecule has 1 aliphatic heterocycles. The Hall–Kier alpha value is -2.50. The molecule has 0 saturated heterocycles. The van der Waals surface area contributed by atoms with Crippen molar-refractivity contribution in [2.45, 2.75) is 30.7 Å². The van der Waals surface area contributed by atoms with Crippen LogP contribution in [-0.4, -0.2) is 37.2 Å². The van der Waals surface area contributed by atoms with E-state index in [1.54, 1.807) is 11.3 Å². The van der Waals surface area contributed by atoms with Gasteiger partial charge in [-0.15, -0.1) is 11.3 Å². The van der Waals surface area contributed by atoms with Gasteiger partial charge in [0.25, 0.3) is 5.69 Å². The third kappa shape index (κ3) is 4.16. The summed E-state index contributed by atoms with van der Waals surface area (Å²) in [6, 6.07) is 5.43. The van der Waals surface area contributed by atoms with Crippen molar-refractivity contribution in [1.82, 2.24) is 4.90 Å². The summed E-state index contributed by atoms with van der Waals surface area (Å²) < 4.78 is 22.8. The van der Waals surface area contributed by atoms with Crippen molar-refractivity contribution in [3.05, 3.63) is 50.2 Å². The number of carbonyl (C=O) groups is 1. The van der Waals surface area contributed by atoms with E-state index in [2.05, 4.69) is 5.32 Å². The SMILES string of the molecule is CC1c2ccsc2CCN1C(=O)CCNc1ccc(S(N)(=O)=O)cc1[N+](=O)[O-]. The van der Waals surface area contributed by atoms with Crippen molar-refractivity contribution < 1.29 is 18.1 Å². The van der Waals surface area contributed by atoms with Crippen molar-refractivity contribution >= 4 is 38.6 Å². The molecule has 1 atom stereocenters. The fraction of sp³-hybridized carbons (Fsp3) is 0.353. The van der Waals surface area contributed by atoms with Gasteiger partial charge in [0.1, 0.15) is 5.69 Å². The molecule has 28 heavy (non-hydrogen) atoms. The van der Waals surface area contributed by atoms with Crippen LogP contribution >= 0.6 is 11.3 Å². The first-order chi connectivity index (χ1) is 13.2. The Balaban J connectivity index is 1.65. The van der Waals surface area contributed by atoms with Gasteiger partial charge in [-0.3, -0.25) is 14.9 Å². The Bertz CT molecular complexity index is 1020. The third-order valence-electron chi connectivity index (χ3n) is 4.75. The zero-order valence-corrected chi connectivity index (χ0v) is 16.8. The van der Waals surface area contributed by atoms with Crippen LogP contribution in [-0.2, 0) is 21.2 Å². The van der Waals surface area contributed by atoms with Crippen LogP contribution in [0.3, 0.4) is 0 Å². The Morgan fingerprint density at radius 3 is 2.86 bits per heavy atom. The van der Waals surface area contributed by atoms with E-state index in [-0.39, 0.29) is 35.5 Å². The lowest BCUT2D eigenvalue weighted by molar-refractivity contribution is -0.384. The number of anilines is 1. The molecule has 1 aromatic carbocycles. The first-order valence-corrected chi connectivity index (χ1v) is 11.0. The minimum atomic E-state index is -4.04. The normalized spacial score (nSPS) is 16.5. The van der Waals surface area contributed by atoms with E-state index in [9.17, 15) is 23.3 Å². The lowest BCUT2D eigenvalue weighted by Gasteiger charge is -2.33. The maximum Gasteiger partial charge on any atom is 0.293 e. The summed E-state index contributed by atoms with van der Waals surface area (Å²) >= 11 is 1.70. The van der Waals surface area contributed by atoms with Crippen LogP contribution in [0.2, 0.25) is 0 Å². The molecule has 1 aliphatic rings. The van der Waals surface area contributed by atoms with E-state index in [0.29, 0.717) is 6.54 Å². The fourth-order valence-corrected chi connectivity index (χ4v) is 4.78. The van der Waals surface area contributed by atoms with Crippen molar-refractivity contribution in [1.29, 1.82) is 0 Å². The summed E-state index contributed by atoms with van der Waals surface area (Å²) in [4.78, 5) is 25.9. The van der Waals surface area contributed by atoms with Gasteiger partial charge in [-0.2, -0.15) is 0 Å². The summed E-state index contributed by atoms with van der Waals surface area (Å²) in [5.74, 6) is -0.0411. The number of primary sulfonamides is 1. The van der Waals surface area contributed by atoms with Crippen LogP contribution in [0.25, 0.3) is 0 Å². The quantitative estimate of drug-likeness (QED) is 0.539. The lowest BCUT2D eigenvalue weighted by Crippen LogP contribution is -2.38. The van der Waals surface area contributed by atoms with Gasteiger partial charge < -0.3 is 10.2 Å². The number of nitrogens with zero attached hydrogens (tertiary/aromatic N) is 2. The summed E-state index contributed by atoms with van der Waals surface area (Å²) in [5, 5.41) is 21.1. The Morgan fingerprint density at radius 1 is 1.43 bits per heavy atom. The number of amides is 1. The number of nitro benzene ring substituents is 1. The first kappa shape index (κ1) is 20.2. The number of thiophene rings is 1. The minimum Gasteiger partial charge on any atom is -0.379 e. The Labute approximate surface area is 166 Å². The van der Waals surface area contributed by atoms with Gasteiger partial charge in [-0.25, -0.2) is 13.6 Å². The Kier molecular flexibility index (Phi) is 5.68. The number of fused-ring (bicyclic) bond motifs is 1. The van der Waals surface area contributed by atoms with Crippen molar-refractivity contribution in [3.63, 3.8) is 0 Å². The Morgan fingerprint density at radius 2 is 2.18 bits per heavy atom. The van der Waals surface area contributed by atoms with Gasteiger partial charge in [0, 0.05) is 30.5 Å². The molecule has 11 heteroatoms. The molecule has 1 aromatic heterocycles. The number of nitro groups is 1. The number of nitrogens with one attached hydrogen (secondary N) is 1. The molecule has 1 amide bonds. The fourth-order valence-electron chi connectivity index (χ4n) is 3.29. The number of carbonyl (C=O) groups excluding carboxylic acids is 1. The second kappa shape index (κ2) is 7.86. The molecule has 0 radical (unpaired) electrons. The highest BCUT2D eigenvalue weighted by Gasteiger charge is 2.28. The molecule has 0 bridgehead atoms. The van der Waals surface area contributed by atoms with Gasteiger partial charge in [-0.05, 0) is 42.5 Å². The number of benzene rings is 1. The molecule has 0 fully saturated rings. The molecule has 2 heterocycles. The van der Waals surface area contributed by atoms with E-state index in [1.165, 1.54) is 22.6 Å². The summed E-state index contributed by atoms with van der Waals surface area (Å²) in [6.07, 6.45) is 0.995. The number of hydrogen-bond donors (Lipinski definition) is 2. The number of sulfonamides is 1. The van der Waals surface area contributed by atoms with E-state index in [4.69, 9.17) is 5.14 Å². The standard InChI is InChI=1S/C17H20N4O5S2/c1-11-13-6-9-27-16(13)5-8-20(11)17(22)4-7-19-14-3-2-12(28(18,25)26)10-15(14)21(23)24/h2-3,6,9-11,19H,4-5,7-8H2,1H3,(H2,18,25,26). The molecule has 1 unspecified atom stereocenters. The number of hydrogen-bond acceptors (Lipinski definition) is 7. The first-order valence-electron chi connectivity index (χ1n) is 8.59. The number of nitrogens with two attached hydrogens (primary N) is 1. The zero-order chi connectivity index (χ0) is 20.5. The van der Waals surface area contributed by atoms with Gasteiger partial charge >= 0.3 is 0 Å². The largest absolute Gasteiger partial charge is 0.379 e. The van der Waals surface area contributed by atoms with Gasteiger partial charge in [0.05, 0.1) is 15.9 Å². The van der Waals surface area contributed by atoms with Crippen molar-refractivity contribution in [3.8, 4) is 0 Å². The van der Waals surface area contributed by atoms with Crippen molar-refractivity contribution in [2.24, 2.45) is 5.14 Å². The molecular weight excluding hydrogens is 404 g/mol. The highest BCUT2D eigenvalue weighted by Crippen LogP contribution is 2.33. The van der Waals surface area contributed by atoms with Gasteiger partial charge in [0.15, 0.2) is 0 Å². The summed E-state index contributed by atoms with van der Waals surface area (Å²) in [7, 11) is -4.04. The molecule has 0 saturated carbocycles. The predicted octanol–water partition coefficient (Wildman–Crippen LogP) is 2.25. The molecule has 0 spiro atoms. The smallest absolute Gasteiger partial charge is 0.293 e. The van der Waals surface area contributed by atoms with E-state index >= 15 is 0 Å². The third-order valence-corrected chi connectivity index (χ3v) is 6.65. The van der Waals surface area contributed by atoms with Crippen LogP contribution in [0.1, 0.15) is 29.8 Å². The van der Waals surface area contributed by atoms with Gasteiger partial charge in [0.2, 0.25) is 15.9 Å². The second-order valence-electron chi connectivity index (χ2n) is 6.47. The van der Waals surface area contributed by atoms with Crippen LogP contribution in [0.15, 0.2) is 34.5 Å². The predicted molar refractivity (Wildman–Crippen MR) is 106 cm³/mol. The van der Waals surface area contributed by atoms with Gasteiger partial charge in [-0.1, -0.05) is 0 Å². The molecule has 3 rings (SSSR count). The maximum atomic E-state index is 12.6. The molecule has 2 aromatic rings. The summed E-state index contributed by atoms with van der Waals surface area (Å²) in [6.45, 7) is 2.83. The van der Waals surface area contributed by atoms with E-state index in [0.717, 1.165) is 12.5 Å².